The number of carbonyl (C=O) groups excluding carboxylic acids is 1. The maximum absolute atomic E-state index is 12.9. The summed E-state index contributed by atoms with van der Waals surface area (Å²) in [6, 6.07) is 8.95. The van der Waals surface area contributed by atoms with Gasteiger partial charge >= 0.3 is 5.97 Å². The van der Waals surface area contributed by atoms with E-state index < -0.39 is 34.0 Å². The van der Waals surface area contributed by atoms with Gasteiger partial charge in [0.25, 0.3) is 0 Å². The highest BCUT2D eigenvalue weighted by atomic mass is 32.2. The van der Waals surface area contributed by atoms with Crippen molar-refractivity contribution in [3.63, 3.8) is 0 Å². The molecule has 0 saturated carbocycles. The van der Waals surface area contributed by atoms with Crippen LogP contribution in [-0.2, 0) is 26.0 Å². The Bertz CT molecular complexity index is 1140. The van der Waals surface area contributed by atoms with Crippen molar-refractivity contribution in [2.75, 3.05) is 13.7 Å². The van der Waals surface area contributed by atoms with E-state index in [4.69, 9.17) is 10.5 Å². The normalized spacial score (nSPS) is 13.2. The molecule has 0 bridgehead atoms. The Morgan fingerprint density at radius 3 is 2.34 bits per heavy atom. The molecule has 0 aromatic heterocycles. The van der Waals surface area contributed by atoms with Gasteiger partial charge < -0.3 is 20.9 Å². The molecule has 0 unspecified atom stereocenters. The Morgan fingerprint density at radius 2 is 1.74 bits per heavy atom. The molecule has 10 heteroatoms. The SMILES string of the molecule is COc1cc(C)c(S(=O)(=O)NCCCC[C@H](NC(=O)[C@@H](N)Cc2ccccc2)C(=O)O)c(C)c1C. The van der Waals surface area contributed by atoms with Crippen LogP contribution in [0.3, 0.4) is 0 Å². The van der Waals surface area contributed by atoms with E-state index in [9.17, 15) is 23.1 Å². The van der Waals surface area contributed by atoms with E-state index in [1.807, 2.05) is 30.3 Å². The van der Waals surface area contributed by atoms with E-state index in [2.05, 4.69) is 10.0 Å². The van der Waals surface area contributed by atoms with Gasteiger partial charge in [0.15, 0.2) is 0 Å². The molecule has 9 nitrogen and oxygen atoms in total. The molecule has 1 amide bonds. The number of benzene rings is 2. The fourth-order valence-corrected chi connectivity index (χ4v) is 5.49. The third-order valence-electron chi connectivity index (χ3n) is 5.93. The third kappa shape index (κ3) is 7.78. The van der Waals surface area contributed by atoms with Crippen LogP contribution in [0.25, 0.3) is 0 Å². The van der Waals surface area contributed by atoms with Gasteiger partial charge in [-0.3, -0.25) is 4.79 Å². The molecular weight excluding hydrogens is 470 g/mol. The average Bonchev–Trinajstić information content (AvgIpc) is 2.80. The summed E-state index contributed by atoms with van der Waals surface area (Å²) in [4.78, 5) is 24.2. The Hall–Kier alpha value is -2.95. The van der Waals surface area contributed by atoms with Gasteiger partial charge in [-0.25, -0.2) is 17.9 Å². The number of aryl methyl sites for hydroxylation is 1. The summed E-state index contributed by atoms with van der Waals surface area (Å²) < 4.78 is 33.7. The van der Waals surface area contributed by atoms with Crippen molar-refractivity contribution in [2.24, 2.45) is 5.73 Å². The van der Waals surface area contributed by atoms with Crippen LogP contribution in [0.5, 0.6) is 5.75 Å². The number of carboxylic acids is 1. The second kappa shape index (κ2) is 12.7. The molecule has 0 saturated heterocycles. The van der Waals surface area contributed by atoms with Gasteiger partial charge in [-0.05, 0) is 74.8 Å². The summed E-state index contributed by atoms with van der Waals surface area (Å²) in [5.74, 6) is -1.07. The number of hydrogen-bond donors (Lipinski definition) is 4. The van der Waals surface area contributed by atoms with Crippen molar-refractivity contribution in [2.45, 2.75) is 63.4 Å². The number of aliphatic carboxylic acids is 1. The minimum absolute atomic E-state index is 0.139. The number of carboxylic acid groups (broad SMARTS) is 1. The summed E-state index contributed by atoms with van der Waals surface area (Å²) in [5, 5.41) is 12.0. The van der Waals surface area contributed by atoms with Crippen LogP contribution >= 0.6 is 0 Å². The summed E-state index contributed by atoms with van der Waals surface area (Å²) in [7, 11) is -2.22. The lowest BCUT2D eigenvalue weighted by Crippen LogP contribution is -2.49. The number of nitrogens with one attached hydrogen (secondary N) is 2. The lowest BCUT2D eigenvalue weighted by Gasteiger charge is -2.18. The molecule has 0 spiro atoms. The number of amides is 1. The Labute approximate surface area is 207 Å². The van der Waals surface area contributed by atoms with Crippen molar-refractivity contribution in [1.29, 1.82) is 0 Å². The predicted octanol–water partition coefficient (Wildman–Crippen LogP) is 2.21. The van der Waals surface area contributed by atoms with Crippen LogP contribution < -0.4 is 20.5 Å². The highest BCUT2D eigenvalue weighted by Crippen LogP contribution is 2.30. The van der Waals surface area contributed by atoms with Crippen LogP contribution in [0, 0.1) is 20.8 Å². The molecule has 2 atom stereocenters. The molecule has 2 aromatic carbocycles. The second-order valence-electron chi connectivity index (χ2n) is 8.56. The van der Waals surface area contributed by atoms with Crippen molar-refractivity contribution < 1.29 is 27.9 Å². The summed E-state index contributed by atoms with van der Waals surface area (Å²) in [5.41, 5.74) is 8.78. The number of unbranched alkanes of at least 4 members (excludes halogenated alkanes) is 1. The van der Waals surface area contributed by atoms with E-state index in [1.54, 1.807) is 26.8 Å². The molecule has 0 aliphatic rings. The summed E-state index contributed by atoms with van der Waals surface area (Å²) >= 11 is 0. The molecule has 0 radical (unpaired) electrons. The average molecular weight is 506 g/mol. The third-order valence-corrected chi connectivity index (χ3v) is 7.68. The van der Waals surface area contributed by atoms with Gasteiger partial charge in [-0.1, -0.05) is 30.3 Å². The molecule has 0 heterocycles. The first-order chi connectivity index (χ1) is 16.5. The number of ether oxygens (including phenoxy) is 1. The number of sulfonamides is 1. The molecule has 5 N–H and O–H groups in total. The highest BCUT2D eigenvalue weighted by Gasteiger charge is 2.24. The lowest BCUT2D eigenvalue weighted by atomic mass is 10.0. The van der Waals surface area contributed by atoms with E-state index in [-0.39, 0.29) is 17.9 Å². The fourth-order valence-electron chi connectivity index (χ4n) is 3.90. The van der Waals surface area contributed by atoms with Crippen LogP contribution in [-0.4, -0.2) is 51.1 Å². The predicted molar refractivity (Wildman–Crippen MR) is 134 cm³/mol. The Morgan fingerprint density at radius 1 is 1.09 bits per heavy atom. The maximum atomic E-state index is 12.9. The molecule has 2 aromatic rings. The van der Waals surface area contributed by atoms with Crippen LogP contribution in [0.1, 0.15) is 41.5 Å². The summed E-state index contributed by atoms with van der Waals surface area (Å²) in [6.07, 6.45) is 1.25. The van der Waals surface area contributed by atoms with Crippen LogP contribution in [0.4, 0.5) is 0 Å². The summed E-state index contributed by atoms with van der Waals surface area (Å²) in [6.45, 7) is 5.40. The van der Waals surface area contributed by atoms with Gasteiger partial charge in [0.05, 0.1) is 18.0 Å². The molecular formula is C25H35N3O6S. The molecule has 0 aliphatic heterocycles. The van der Waals surface area contributed by atoms with Gasteiger partial charge in [0, 0.05) is 6.54 Å². The zero-order valence-electron chi connectivity index (χ0n) is 20.6. The first-order valence-electron chi connectivity index (χ1n) is 11.4. The van der Waals surface area contributed by atoms with Gasteiger partial charge in [-0.15, -0.1) is 0 Å². The minimum Gasteiger partial charge on any atom is -0.496 e. The van der Waals surface area contributed by atoms with Crippen LogP contribution in [0.15, 0.2) is 41.3 Å². The highest BCUT2D eigenvalue weighted by molar-refractivity contribution is 7.89. The monoisotopic (exact) mass is 505 g/mol. The van der Waals surface area contributed by atoms with Gasteiger partial charge in [0.1, 0.15) is 11.8 Å². The second-order valence-corrected chi connectivity index (χ2v) is 10.3. The molecule has 0 fully saturated rings. The number of carbonyl (C=O) groups is 2. The maximum Gasteiger partial charge on any atom is 0.326 e. The zero-order valence-corrected chi connectivity index (χ0v) is 21.4. The minimum atomic E-state index is -3.75. The Balaban J connectivity index is 1.88. The number of rotatable bonds is 13. The lowest BCUT2D eigenvalue weighted by molar-refractivity contribution is -0.142. The van der Waals surface area contributed by atoms with Gasteiger partial charge in [0.2, 0.25) is 15.9 Å². The first kappa shape index (κ1) is 28.3. The molecule has 35 heavy (non-hydrogen) atoms. The molecule has 2 rings (SSSR count). The number of hydrogen-bond acceptors (Lipinski definition) is 6. The standard InChI is InChI=1S/C25H35N3O6S/c1-16-14-22(34-4)17(2)18(3)23(16)35(32,33)27-13-9-8-12-21(25(30)31)28-24(29)20(26)15-19-10-6-5-7-11-19/h5-7,10-11,14,20-21,27H,8-9,12-13,15,26H2,1-4H3,(H,28,29)(H,30,31)/t20-,21-/m0/s1. The molecule has 192 valence electrons. The topological polar surface area (TPSA) is 148 Å². The van der Waals surface area contributed by atoms with Gasteiger partial charge in [-0.2, -0.15) is 0 Å². The number of methoxy groups -OCH3 is 1. The van der Waals surface area contributed by atoms with E-state index in [0.717, 1.165) is 11.1 Å². The largest absolute Gasteiger partial charge is 0.496 e. The Kier molecular flexibility index (Phi) is 10.2. The fraction of sp³-hybridized carbons (Fsp3) is 0.440. The number of nitrogens with two attached hydrogens (primary N) is 1. The van der Waals surface area contributed by atoms with Crippen molar-refractivity contribution in [3.8, 4) is 5.75 Å². The van der Waals surface area contributed by atoms with Crippen molar-refractivity contribution >= 4 is 21.9 Å². The van der Waals surface area contributed by atoms with E-state index >= 15 is 0 Å². The van der Waals surface area contributed by atoms with Crippen LogP contribution in [0.2, 0.25) is 0 Å². The molecule has 0 aliphatic carbocycles. The smallest absolute Gasteiger partial charge is 0.326 e. The van der Waals surface area contributed by atoms with Crippen molar-refractivity contribution in [3.05, 3.63) is 58.7 Å². The quantitative estimate of drug-likeness (QED) is 0.305. The van der Waals surface area contributed by atoms with E-state index in [0.29, 0.717) is 36.1 Å². The zero-order chi connectivity index (χ0) is 26.2. The van der Waals surface area contributed by atoms with E-state index in [1.165, 1.54) is 7.11 Å². The van der Waals surface area contributed by atoms with Crippen molar-refractivity contribution in [1.82, 2.24) is 10.0 Å². The first-order valence-corrected chi connectivity index (χ1v) is 12.9.